The second-order valence-corrected chi connectivity index (χ2v) is 5.97. The van der Waals surface area contributed by atoms with Crippen molar-refractivity contribution in [1.29, 1.82) is 0 Å². The molecule has 0 saturated carbocycles. The molecule has 6 nitrogen and oxygen atoms in total. The number of nitrogens with zero attached hydrogens (tertiary/aromatic N) is 1. The molecule has 0 aromatic carbocycles. The van der Waals surface area contributed by atoms with E-state index >= 15 is 0 Å². The van der Waals surface area contributed by atoms with Crippen molar-refractivity contribution in [2.45, 2.75) is 38.5 Å². The number of hydrogen-bond acceptors (Lipinski definition) is 3. The van der Waals surface area contributed by atoms with Crippen molar-refractivity contribution in [2.24, 2.45) is 0 Å². The first-order chi connectivity index (χ1) is 8.02. The highest BCUT2D eigenvalue weighted by Crippen LogP contribution is 2.11. The minimum atomic E-state index is -3.35. The van der Waals surface area contributed by atoms with Crippen molar-refractivity contribution in [2.75, 3.05) is 19.6 Å². The molecule has 1 heterocycles. The van der Waals surface area contributed by atoms with Gasteiger partial charge in [-0.2, -0.15) is 12.7 Å². The Hall–Kier alpha value is -0.660. The van der Waals surface area contributed by atoms with E-state index in [1.165, 1.54) is 4.31 Å². The van der Waals surface area contributed by atoms with Crippen molar-refractivity contribution < 1.29 is 18.3 Å². The topological polar surface area (TPSA) is 86.7 Å². The number of carboxylic acids is 1. The first kappa shape index (κ1) is 14.4. The van der Waals surface area contributed by atoms with Gasteiger partial charge in [-0.3, -0.25) is 4.79 Å². The normalized spacial score (nSPS) is 18.1. The number of unbranched alkanes of at least 4 members (excludes halogenated alkanes) is 1. The minimum Gasteiger partial charge on any atom is -0.481 e. The molecule has 0 aromatic rings. The van der Waals surface area contributed by atoms with Crippen LogP contribution in [0.2, 0.25) is 0 Å². The standard InChI is InChI=1S/C10H20N2O4S/c13-10(14)6-2-3-7-11-17(15,16)12-8-4-1-5-9-12/h11H,1-9H2,(H,13,14). The van der Waals surface area contributed by atoms with Gasteiger partial charge < -0.3 is 5.11 Å². The van der Waals surface area contributed by atoms with Crippen LogP contribution in [0.3, 0.4) is 0 Å². The summed E-state index contributed by atoms with van der Waals surface area (Å²) in [6, 6.07) is 0. The van der Waals surface area contributed by atoms with E-state index in [9.17, 15) is 13.2 Å². The van der Waals surface area contributed by atoms with Crippen molar-refractivity contribution in [3.05, 3.63) is 0 Å². The van der Waals surface area contributed by atoms with Crippen molar-refractivity contribution in [3.63, 3.8) is 0 Å². The molecule has 17 heavy (non-hydrogen) atoms. The Morgan fingerprint density at radius 1 is 1.18 bits per heavy atom. The third-order valence-corrected chi connectivity index (χ3v) is 4.37. The number of piperidine rings is 1. The molecule has 100 valence electrons. The fraction of sp³-hybridized carbons (Fsp3) is 0.900. The van der Waals surface area contributed by atoms with E-state index in [0.717, 1.165) is 19.3 Å². The summed E-state index contributed by atoms with van der Waals surface area (Å²) in [6.45, 7) is 1.49. The molecular formula is C10H20N2O4S. The minimum absolute atomic E-state index is 0.0887. The Morgan fingerprint density at radius 3 is 2.41 bits per heavy atom. The number of aliphatic carboxylic acids is 1. The Bertz CT molecular complexity index is 336. The maximum Gasteiger partial charge on any atom is 0.303 e. The molecule has 1 saturated heterocycles. The van der Waals surface area contributed by atoms with Crippen LogP contribution < -0.4 is 4.72 Å². The third-order valence-electron chi connectivity index (χ3n) is 2.76. The highest BCUT2D eigenvalue weighted by atomic mass is 32.2. The lowest BCUT2D eigenvalue weighted by Gasteiger charge is -2.25. The zero-order valence-electron chi connectivity index (χ0n) is 9.89. The van der Waals surface area contributed by atoms with Gasteiger partial charge in [-0.05, 0) is 25.7 Å². The Labute approximate surface area is 102 Å². The maximum atomic E-state index is 11.8. The number of carboxylic acid groups (broad SMARTS) is 1. The highest BCUT2D eigenvalue weighted by molar-refractivity contribution is 7.87. The summed E-state index contributed by atoms with van der Waals surface area (Å²) in [5.74, 6) is -0.844. The summed E-state index contributed by atoms with van der Waals surface area (Å²) >= 11 is 0. The van der Waals surface area contributed by atoms with Gasteiger partial charge in [0.05, 0.1) is 0 Å². The maximum absolute atomic E-state index is 11.8. The average molecular weight is 264 g/mol. The molecular weight excluding hydrogens is 244 g/mol. The molecule has 0 radical (unpaired) electrons. The van der Waals surface area contributed by atoms with E-state index in [1.807, 2.05) is 0 Å². The van der Waals surface area contributed by atoms with Gasteiger partial charge in [0.15, 0.2) is 0 Å². The third kappa shape index (κ3) is 5.47. The molecule has 0 unspecified atom stereocenters. The molecule has 0 atom stereocenters. The van der Waals surface area contributed by atoms with Crippen molar-refractivity contribution in [3.8, 4) is 0 Å². The predicted octanol–water partition coefficient (Wildman–Crippen LogP) is 0.562. The van der Waals surface area contributed by atoms with Crippen LogP contribution in [0.25, 0.3) is 0 Å². The van der Waals surface area contributed by atoms with Crippen LogP contribution in [0.15, 0.2) is 0 Å². The lowest BCUT2D eigenvalue weighted by molar-refractivity contribution is -0.137. The summed E-state index contributed by atoms with van der Waals surface area (Å²) in [4.78, 5) is 10.3. The van der Waals surface area contributed by atoms with Gasteiger partial charge in [0, 0.05) is 26.1 Å². The molecule has 1 aliphatic heterocycles. The van der Waals surface area contributed by atoms with E-state index in [-0.39, 0.29) is 6.42 Å². The van der Waals surface area contributed by atoms with Gasteiger partial charge in [0.2, 0.25) is 0 Å². The molecule has 1 fully saturated rings. The Balaban J connectivity index is 2.22. The molecule has 0 bridgehead atoms. The van der Waals surface area contributed by atoms with Crippen LogP contribution in [-0.2, 0) is 15.0 Å². The van der Waals surface area contributed by atoms with Crippen LogP contribution in [0.1, 0.15) is 38.5 Å². The number of hydrogen-bond donors (Lipinski definition) is 2. The van der Waals surface area contributed by atoms with Gasteiger partial charge >= 0.3 is 5.97 Å². The fourth-order valence-corrected chi connectivity index (χ4v) is 3.12. The molecule has 7 heteroatoms. The number of rotatable bonds is 7. The summed E-state index contributed by atoms with van der Waals surface area (Å²) < 4.78 is 27.5. The molecule has 2 N–H and O–H groups in total. The van der Waals surface area contributed by atoms with Gasteiger partial charge in [-0.1, -0.05) is 6.42 Å². The molecule has 0 spiro atoms. The van der Waals surface area contributed by atoms with Crippen LogP contribution >= 0.6 is 0 Å². The quantitative estimate of drug-likeness (QED) is 0.658. The number of carbonyl (C=O) groups is 1. The summed E-state index contributed by atoms with van der Waals surface area (Å²) in [6.07, 6.45) is 4.06. The first-order valence-corrected chi connectivity index (χ1v) is 7.43. The fourth-order valence-electron chi connectivity index (χ4n) is 1.80. The zero-order chi connectivity index (χ0) is 12.7. The van der Waals surface area contributed by atoms with Crippen LogP contribution in [-0.4, -0.2) is 43.4 Å². The van der Waals surface area contributed by atoms with Gasteiger partial charge in [0.25, 0.3) is 10.2 Å². The van der Waals surface area contributed by atoms with Crippen molar-refractivity contribution >= 4 is 16.2 Å². The van der Waals surface area contributed by atoms with Crippen LogP contribution in [0.5, 0.6) is 0 Å². The van der Waals surface area contributed by atoms with E-state index in [1.54, 1.807) is 0 Å². The Morgan fingerprint density at radius 2 is 1.82 bits per heavy atom. The van der Waals surface area contributed by atoms with Gasteiger partial charge in [0.1, 0.15) is 0 Å². The predicted molar refractivity (Wildman–Crippen MR) is 63.8 cm³/mol. The smallest absolute Gasteiger partial charge is 0.303 e. The van der Waals surface area contributed by atoms with E-state index < -0.39 is 16.2 Å². The molecule has 1 rings (SSSR count). The second-order valence-electron chi connectivity index (χ2n) is 4.21. The summed E-state index contributed by atoms with van der Waals surface area (Å²) in [5, 5.41) is 8.43. The van der Waals surface area contributed by atoms with Gasteiger partial charge in [-0.15, -0.1) is 0 Å². The summed E-state index contributed by atoms with van der Waals surface area (Å²) in [5.41, 5.74) is 0. The molecule has 1 aliphatic rings. The summed E-state index contributed by atoms with van der Waals surface area (Å²) in [7, 11) is -3.35. The molecule has 0 aliphatic carbocycles. The average Bonchev–Trinajstić information content (AvgIpc) is 2.29. The lowest BCUT2D eigenvalue weighted by Crippen LogP contribution is -2.43. The monoisotopic (exact) mass is 264 g/mol. The second kappa shape index (κ2) is 6.93. The first-order valence-electron chi connectivity index (χ1n) is 5.99. The van der Waals surface area contributed by atoms with Crippen LogP contribution in [0, 0.1) is 0 Å². The SMILES string of the molecule is O=C(O)CCCCNS(=O)(=O)N1CCCCC1. The van der Waals surface area contributed by atoms with Crippen LogP contribution in [0.4, 0.5) is 0 Å². The Kier molecular flexibility index (Phi) is 5.87. The largest absolute Gasteiger partial charge is 0.481 e. The highest BCUT2D eigenvalue weighted by Gasteiger charge is 2.22. The van der Waals surface area contributed by atoms with E-state index in [2.05, 4.69) is 4.72 Å². The number of nitrogens with one attached hydrogen (secondary N) is 1. The van der Waals surface area contributed by atoms with Crippen molar-refractivity contribution in [1.82, 2.24) is 9.03 Å². The lowest BCUT2D eigenvalue weighted by atomic mass is 10.2. The molecule has 0 amide bonds. The zero-order valence-corrected chi connectivity index (χ0v) is 10.7. The van der Waals surface area contributed by atoms with E-state index in [4.69, 9.17) is 5.11 Å². The molecule has 0 aromatic heterocycles. The van der Waals surface area contributed by atoms with Gasteiger partial charge in [-0.25, -0.2) is 4.72 Å². The van der Waals surface area contributed by atoms with E-state index in [0.29, 0.717) is 32.5 Å².